The molecule has 0 bridgehead atoms. The number of hydrogen-bond donors (Lipinski definition) is 0. The van der Waals surface area contributed by atoms with Crippen molar-refractivity contribution in [2.45, 2.75) is 141 Å². The average Bonchev–Trinajstić information content (AvgIpc) is 3.38. The van der Waals surface area contributed by atoms with Gasteiger partial charge in [0.1, 0.15) is 23.0 Å². The largest absolute Gasteiger partial charge is 0.457 e. The number of fused-ring (bicyclic) bond motifs is 6. The molecule has 0 radical (unpaired) electrons. The van der Waals surface area contributed by atoms with Crippen LogP contribution >= 0.6 is 0 Å². The molecule has 0 spiro atoms. The molecule has 3 aliphatic rings. The molecule has 2 unspecified atom stereocenters. The van der Waals surface area contributed by atoms with Gasteiger partial charge in [0, 0.05) is 47.1 Å². The van der Waals surface area contributed by atoms with Gasteiger partial charge in [-0.05, 0) is 73.5 Å². The highest BCUT2D eigenvalue weighted by Crippen LogP contribution is 2.30. The molecular weight excluding hydrogens is 805 g/mol. The fourth-order valence-corrected chi connectivity index (χ4v) is 5.94. The van der Waals surface area contributed by atoms with Crippen molar-refractivity contribution in [3.63, 3.8) is 0 Å². The highest BCUT2D eigenvalue weighted by Gasteiger charge is 2.23. The first-order valence-electron chi connectivity index (χ1n) is 23.7. The number of rotatable bonds is 0. The van der Waals surface area contributed by atoms with Gasteiger partial charge in [-0.3, -0.25) is 20.0 Å². The number of para-hydroxylation sites is 6. The zero-order valence-electron chi connectivity index (χ0n) is 41.1. The molecule has 5 aromatic rings. The fourth-order valence-electron chi connectivity index (χ4n) is 5.94. The zero-order chi connectivity index (χ0) is 47.2. The average molecular weight is 887 g/mol. The third kappa shape index (κ3) is 21.5. The number of ether oxygens (including phenoxy) is 4. The lowest BCUT2D eigenvalue weighted by Crippen LogP contribution is -2.27. The van der Waals surface area contributed by atoms with Gasteiger partial charge in [0.05, 0.1) is 23.5 Å². The quantitative estimate of drug-likeness (QED) is 0.155. The minimum Gasteiger partial charge on any atom is -0.457 e. The Hall–Kier alpha value is -6.02. The van der Waals surface area contributed by atoms with E-state index in [1.807, 2.05) is 189 Å². The van der Waals surface area contributed by atoms with Crippen LogP contribution in [0.15, 0.2) is 141 Å². The first-order valence-corrected chi connectivity index (χ1v) is 23.7. The van der Waals surface area contributed by atoms with Crippen LogP contribution in [0.5, 0.6) is 23.0 Å². The van der Waals surface area contributed by atoms with E-state index in [0.29, 0.717) is 0 Å². The lowest BCUT2D eigenvalue weighted by molar-refractivity contribution is 0.119. The van der Waals surface area contributed by atoms with E-state index in [4.69, 9.17) is 28.9 Å². The molecule has 2 aliphatic heterocycles. The Morgan fingerprint density at radius 1 is 0.385 bits per heavy atom. The normalized spacial score (nSPS) is 14.6. The first kappa shape index (κ1) is 59.0. The van der Waals surface area contributed by atoms with Crippen molar-refractivity contribution in [3.8, 4) is 23.0 Å². The molecule has 0 saturated heterocycles. The van der Waals surface area contributed by atoms with Crippen molar-refractivity contribution in [2.24, 2.45) is 20.0 Å². The van der Waals surface area contributed by atoms with Crippen molar-refractivity contribution >= 4 is 36.2 Å². The van der Waals surface area contributed by atoms with Crippen molar-refractivity contribution in [3.05, 3.63) is 144 Å². The minimum absolute atomic E-state index is 0. The van der Waals surface area contributed by atoms with Crippen molar-refractivity contribution in [1.29, 1.82) is 0 Å². The van der Waals surface area contributed by atoms with Gasteiger partial charge in [-0.1, -0.05) is 177 Å². The van der Waals surface area contributed by atoms with Gasteiger partial charge in [0.15, 0.2) is 0 Å². The van der Waals surface area contributed by atoms with Gasteiger partial charge in [-0.25, -0.2) is 0 Å². The van der Waals surface area contributed by atoms with Crippen LogP contribution in [0.1, 0.15) is 151 Å². The van der Waals surface area contributed by atoms with Gasteiger partial charge >= 0.3 is 0 Å². The Balaban J connectivity index is 0.000000978. The molecule has 0 amide bonds. The minimum atomic E-state index is 0. The lowest BCUT2D eigenvalue weighted by atomic mass is 9.91. The standard InChI is InChI=1S/C21H22N2O2.C21H16N2O2.2C3H8.4C2H6.CH4/c2*1-5-11-20-16(7-1)13-22-18-9-3-4-10-19(18)23-14-17-8-2-6-12-21(17)25-15-24-20;2*1-3-2;4*1-2;/h1-2,5-8,11-14,18-19H,3-4,9-10,15H2;1-14H,15H2;2*3H2,1-2H3;4*1-2H3;1H4. The van der Waals surface area contributed by atoms with Crippen LogP contribution in [0.3, 0.4) is 0 Å². The summed E-state index contributed by atoms with van der Waals surface area (Å²) in [5.41, 5.74) is 5.33. The highest BCUT2D eigenvalue weighted by atomic mass is 16.7. The van der Waals surface area contributed by atoms with Crippen LogP contribution in [0, 0.1) is 0 Å². The summed E-state index contributed by atoms with van der Waals surface area (Å²) in [6.45, 7) is 24.8. The predicted octanol–water partition coefficient (Wildman–Crippen LogP) is 16.8. The molecule has 8 nitrogen and oxygen atoms in total. The van der Waals surface area contributed by atoms with Gasteiger partial charge < -0.3 is 18.9 Å². The molecule has 65 heavy (non-hydrogen) atoms. The van der Waals surface area contributed by atoms with Gasteiger partial charge in [0.2, 0.25) is 13.6 Å². The summed E-state index contributed by atoms with van der Waals surface area (Å²) in [5, 5.41) is 0. The fraction of sp³-hybridized carbons (Fsp3) is 0.404. The van der Waals surface area contributed by atoms with E-state index >= 15 is 0 Å². The molecule has 8 heteroatoms. The van der Waals surface area contributed by atoms with Crippen LogP contribution < -0.4 is 18.9 Å². The van der Waals surface area contributed by atoms with Crippen molar-refractivity contribution < 1.29 is 18.9 Å². The molecule has 1 fully saturated rings. The van der Waals surface area contributed by atoms with Gasteiger partial charge in [-0.2, -0.15) is 0 Å². The van der Waals surface area contributed by atoms with Crippen LogP contribution in [-0.2, 0) is 0 Å². The Bertz CT molecular complexity index is 1910. The summed E-state index contributed by atoms with van der Waals surface area (Å²) in [5.74, 6) is 3.02. The van der Waals surface area contributed by atoms with Gasteiger partial charge in [0.25, 0.3) is 0 Å². The van der Waals surface area contributed by atoms with E-state index in [9.17, 15) is 0 Å². The summed E-state index contributed by atoms with van der Waals surface area (Å²) in [6.07, 6.45) is 14.5. The molecule has 8 rings (SSSR count). The predicted molar refractivity (Wildman–Crippen MR) is 284 cm³/mol. The maximum Gasteiger partial charge on any atom is 0.230 e. The molecule has 354 valence electrons. The van der Waals surface area contributed by atoms with E-state index in [2.05, 4.69) is 37.7 Å². The summed E-state index contributed by atoms with van der Waals surface area (Å²) in [6, 6.07) is 39.6. The Morgan fingerprint density at radius 3 is 0.923 bits per heavy atom. The summed E-state index contributed by atoms with van der Waals surface area (Å²) in [4.78, 5) is 18.9. The van der Waals surface area contributed by atoms with Crippen LogP contribution in [0.2, 0.25) is 0 Å². The second-order valence-corrected chi connectivity index (χ2v) is 13.4. The molecule has 5 aromatic carbocycles. The van der Waals surface area contributed by atoms with Gasteiger partial charge in [-0.15, -0.1) is 0 Å². The summed E-state index contributed by atoms with van der Waals surface area (Å²) < 4.78 is 23.2. The lowest BCUT2D eigenvalue weighted by Gasteiger charge is -2.25. The summed E-state index contributed by atoms with van der Waals surface area (Å²) >= 11 is 0. The maximum atomic E-state index is 5.84. The van der Waals surface area contributed by atoms with Crippen molar-refractivity contribution in [1.82, 2.24) is 0 Å². The molecule has 2 atom stereocenters. The monoisotopic (exact) mass is 887 g/mol. The third-order valence-electron chi connectivity index (χ3n) is 8.61. The van der Waals surface area contributed by atoms with E-state index in [0.717, 1.165) is 69.5 Å². The molecule has 0 N–H and O–H groups in total. The highest BCUT2D eigenvalue weighted by molar-refractivity contribution is 5.89. The molecule has 1 saturated carbocycles. The van der Waals surface area contributed by atoms with E-state index < -0.39 is 0 Å². The van der Waals surface area contributed by atoms with Crippen LogP contribution in [0.4, 0.5) is 11.4 Å². The topological polar surface area (TPSA) is 86.4 Å². The Kier molecular flexibility index (Phi) is 34.9. The van der Waals surface area contributed by atoms with Crippen LogP contribution in [-0.4, -0.2) is 50.5 Å². The third-order valence-corrected chi connectivity index (χ3v) is 8.61. The smallest absolute Gasteiger partial charge is 0.230 e. The van der Waals surface area contributed by atoms with E-state index in [1.54, 1.807) is 12.4 Å². The second kappa shape index (κ2) is 38.4. The Labute approximate surface area is 395 Å². The Morgan fingerprint density at radius 2 is 0.631 bits per heavy atom. The first-order chi connectivity index (χ1) is 31.6. The number of aliphatic imine (C=N–C) groups is 4. The zero-order valence-corrected chi connectivity index (χ0v) is 41.1. The number of benzene rings is 5. The number of hydrogen-bond acceptors (Lipinski definition) is 8. The van der Waals surface area contributed by atoms with Crippen molar-refractivity contribution in [2.75, 3.05) is 13.6 Å². The second-order valence-electron chi connectivity index (χ2n) is 13.4. The molecule has 1 aliphatic carbocycles. The van der Waals surface area contributed by atoms with E-state index in [-0.39, 0.29) is 33.1 Å². The number of nitrogens with zero attached hydrogens (tertiary/aromatic N) is 4. The maximum absolute atomic E-state index is 5.84. The summed E-state index contributed by atoms with van der Waals surface area (Å²) in [7, 11) is 0. The molecular formula is C57H82N4O4. The molecule has 0 aromatic heterocycles. The van der Waals surface area contributed by atoms with Crippen LogP contribution in [0.25, 0.3) is 0 Å². The van der Waals surface area contributed by atoms with E-state index in [1.165, 1.54) is 25.7 Å². The molecule has 2 heterocycles. The SMILES string of the molecule is C.C1=NC2CCCCC2N=Cc2ccccc2OCOc2ccccc21.C1=Nc2ccccc2N=Cc2ccccc2OCOc2ccccc21.CC.CC.CC.CC.CCC.CCC.